The van der Waals surface area contributed by atoms with Gasteiger partial charge in [0.2, 0.25) is 0 Å². The maximum Gasteiger partial charge on any atom is 0.0294 e. The first-order valence-corrected chi connectivity index (χ1v) is 7.31. The van der Waals surface area contributed by atoms with Gasteiger partial charge in [0.25, 0.3) is 0 Å². The average Bonchev–Trinajstić information content (AvgIpc) is 2.37. The number of benzene rings is 2. The zero-order valence-electron chi connectivity index (χ0n) is 12.5. The van der Waals surface area contributed by atoms with Gasteiger partial charge in [-0.3, -0.25) is 0 Å². The molecular formula is C18H25N. The van der Waals surface area contributed by atoms with Crippen molar-refractivity contribution < 1.29 is 0 Å². The van der Waals surface area contributed by atoms with Crippen LogP contribution >= 0.6 is 0 Å². The van der Waals surface area contributed by atoms with E-state index < -0.39 is 0 Å². The minimum Gasteiger partial charge on any atom is -0.308 e. The van der Waals surface area contributed by atoms with Gasteiger partial charge < -0.3 is 5.32 Å². The summed E-state index contributed by atoms with van der Waals surface area (Å²) in [6.45, 7) is 9.08. The molecular weight excluding hydrogens is 230 g/mol. The molecule has 0 aliphatic rings. The summed E-state index contributed by atoms with van der Waals surface area (Å²) >= 11 is 0. The Labute approximate surface area is 117 Å². The minimum atomic E-state index is 0.401. The standard InChI is InChI=1S/C18H25N/c1-13(2)11-14(3)19-15(4)17-10-9-16-7-5-6-8-18(16)12-17/h5-10,12-15,19H,11H2,1-4H3. The van der Waals surface area contributed by atoms with Crippen molar-refractivity contribution in [2.45, 2.75) is 46.2 Å². The van der Waals surface area contributed by atoms with Crippen molar-refractivity contribution in [3.63, 3.8) is 0 Å². The fourth-order valence-electron chi connectivity index (χ4n) is 2.78. The van der Waals surface area contributed by atoms with Crippen LogP contribution in [0.5, 0.6) is 0 Å². The van der Waals surface area contributed by atoms with Gasteiger partial charge in [-0.05, 0) is 48.6 Å². The van der Waals surface area contributed by atoms with Gasteiger partial charge in [-0.25, -0.2) is 0 Å². The fraction of sp³-hybridized carbons (Fsp3) is 0.444. The number of fused-ring (bicyclic) bond motifs is 1. The molecule has 102 valence electrons. The predicted molar refractivity (Wildman–Crippen MR) is 84.4 cm³/mol. The normalized spacial score (nSPS) is 14.8. The molecule has 2 atom stereocenters. The smallest absolute Gasteiger partial charge is 0.0294 e. The van der Waals surface area contributed by atoms with E-state index >= 15 is 0 Å². The van der Waals surface area contributed by atoms with Gasteiger partial charge in [-0.2, -0.15) is 0 Å². The van der Waals surface area contributed by atoms with E-state index in [2.05, 4.69) is 75.5 Å². The van der Waals surface area contributed by atoms with E-state index in [9.17, 15) is 0 Å². The fourth-order valence-corrected chi connectivity index (χ4v) is 2.78. The zero-order chi connectivity index (χ0) is 13.8. The Hall–Kier alpha value is -1.34. The van der Waals surface area contributed by atoms with Crippen LogP contribution in [0, 0.1) is 5.92 Å². The summed E-state index contributed by atoms with van der Waals surface area (Å²) in [5, 5.41) is 6.33. The van der Waals surface area contributed by atoms with E-state index in [1.54, 1.807) is 0 Å². The SMILES string of the molecule is CC(C)CC(C)NC(C)c1ccc2ccccc2c1. The quantitative estimate of drug-likeness (QED) is 0.799. The highest BCUT2D eigenvalue weighted by Gasteiger charge is 2.11. The topological polar surface area (TPSA) is 12.0 Å². The first-order chi connectivity index (χ1) is 9.06. The van der Waals surface area contributed by atoms with E-state index in [4.69, 9.17) is 0 Å². The Morgan fingerprint density at radius 1 is 0.895 bits per heavy atom. The molecule has 0 saturated heterocycles. The summed E-state index contributed by atoms with van der Waals surface area (Å²) in [5.41, 5.74) is 1.37. The second-order valence-electron chi connectivity index (χ2n) is 6.03. The highest BCUT2D eigenvalue weighted by molar-refractivity contribution is 5.83. The predicted octanol–water partition coefficient (Wildman–Crippen LogP) is 4.93. The molecule has 0 heterocycles. The molecule has 0 spiro atoms. The summed E-state index contributed by atoms with van der Waals surface area (Å²) in [7, 11) is 0. The minimum absolute atomic E-state index is 0.401. The van der Waals surface area contributed by atoms with Crippen molar-refractivity contribution in [2.24, 2.45) is 5.92 Å². The molecule has 0 aliphatic carbocycles. The summed E-state index contributed by atoms with van der Waals surface area (Å²) in [5.74, 6) is 0.742. The number of hydrogen-bond donors (Lipinski definition) is 1. The molecule has 2 unspecified atom stereocenters. The molecule has 1 N–H and O–H groups in total. The lowest BCUT2D eigenvalue weighted by atomic mass is 10.0. The molecule has 0 amide bonds. The molecule has 0 aromatic heterocycles. The van der Waals surface area contributed by atoms with E-state index in [1.165, 1.54) is 22.8 Å². The van der Waals surface area contributed by atoms with Crippen LogP contribution in [0.15, 0.2) is 42.5 Å². The number of nitrogens with one attached hydrogen (secondary N) is 1. The Morgan fingerprint density at radius 2 is 1.58 bits per heavy atom. The molecule has 2 aromatic carbocycles. The second-order valence-corrected chi connectivity index (χ2v) is 6.03. The Bertz CT molecular complexity index is 530. The summed E-state index contributed by atoms with van der Waals surface area (Å²) < 4.78 is 0. The lowest BCUT2D eigenvalue weighted by Gasteiger charge is -2.22. The number of hydrogen-bond acceptors (Lipinski definition) is 1. The molecule has 0 fully saturated rings. The van der Waals surface area contributed by atoms with Gasteiger partial charge in [0.05, 0.1) is 0 Å². The third-order valence-corrected chi connectivity index (χ3v) is 3.63. The van der Waals surface area contributed by atoms with Crippen molar-refractivity contribution in [1.29, 1.82) is 0 Å². The van der Waals surface area contributed by atoms with Gasteiger partial charge >= 0.3 is 0 Å². The summed E-state index contributed by atoms with van der Waals surface area (Å²) in [6.07, 6.45) is 1.22. The zero-order valence-corrected chi connectivity index (χ0v) is 12.5. The molecule has 2 aromatic rings. The van der Waals surface area contributed by atoms with Crippen molar-refractivity contribution in [3.8, 4) is 0 Å². The first kappa shape index (κ1) is 14.1. The Kier molecular flexibility index (Phi) is 4.60. The summed E-state index contributed by atoms with van der Waals surface area (Å²) in [6, 6.07) is 16.3. The van der Waals surface area contributed by atoms with E-state index in [0.717, 1.165) is 5.92 Å². The van der Waals surface area contributed by atoms with E-state index in [1.807, 2.05) is 0 Å². The van der Waals surface area contributed by atoms with Crippen LogP contribution < -0.4 is 5.32 Å². The van der Waals surface area contributed by atoms with Crippen LogP contribution in [0.4, 0.5) is 0 Å². The molecule has 1 heteroatoms. The molecule has 1 nitrogen and oxygen atoms in total. The van der Waals surface area contributed by atoms with Gasteiger partial charge in [0, 0.05) is 12.1 Å². The Balaban J connectivity index is 2.10. The van der Waals surface area contributed by atoms with Crippen LogP contribution in [-0.2, 0) is 0 Å². The lowest BCUT2D eigenvalue weighted by Crippen LogP contribution is -2.30. The van der Waals surface area contributed by atoms with Gasteiger partial charge in [-0.15, -0.1) is 0 Å². The number of rotatable bonds is 5. The molecule has 2 rings (SSSR count). The third-order valence-electron chi connectivity index (χ3n) is 3.63. The van der Waals surface area contributed by atoms with E-state index in [-0.39, 0.29) is 0 Å². The van der Waals surface area contributed by atoms with Crippen molar-refractivity contribution in [1.82, 2.24) is 5.32 Å². The first-order valence-electron chi connectivity index (χ1n) is 7.31. The van der Waals surface area contributed by atoms with Gasteiger partial charge in [0.1, 0.15) is 0 Å². The maximum atomic E-state index is 3.69. The lowest BCUT2D eigenvalue weighted by molar-refractivity contribution is 0.407. The van der Waals surface area contributed by atoms with Gasteiger partial charge in [0.15, 0.2) is 0 Å². The van der Waals surface area contributed by atoms with Crippen molar-refractivity contribution in [3.05, 3.63) is 48.0 Å². The van der Waals surface area contributed by atoms with Crippen molar-refractivity contribution in [2.75, 3.05) is 0 Å². The van der Waals surface area contributed by atoms with Crippen LogP contribution in [0.1, 0.15) is 45.7 Å². The van der Waals surface area contributed by atoms with Crippen LogP contribution in [0.2, 0.25) is 0 Å². The monoisotopic (exact) mass is 255 g/mol. The molecule has 0 saturated carbocycles. The van der Waals surface area contributed by atoms with Crippen LogP contribution in [0.3, 0.4) is 0 Å². The van der Waals surface area contributed by atoms with Crippen molar-refractivity contribution >= 4 is 10.8 Å². The van der Waals surface area contributed by atoms with Gasteiger partial charge in [-0.1, -0.05) is 50.2 Å². The summed E-state index contributed by atoms with van der Waals surface area (Å²) in [4.78, 5) is 0. The maximum absolute atomic E-state index is 3.69. The molecule has 19 heavy (non-hydrogen) atoms. The second kappa shape index (κ2) is 6.21. The average molecular weight is 255 g/mol. The highest BCUT2D eigenvalue weighted by Crippen LogP contribution is 2.21. The van der Waals surface area contributed by atoms with Crippen LogP contribution in [0.25, 0.3) is 10.8 Å². The third kappa shape index (κ3) is 3.81. The molecule has 0 bridgehead atoms. The highest BCUT2D eigenvalue weighted by atomic mass is 14.9. The van der Waals surface area contributed by atoms with Crippen LogP contribution in [-0.4, -0.2) is 6.04 Å². The molecule has 0 radical (unpaired) electrons. The Morgan fingerprint density at radius 3 is 2.26 bits per heavy atom. The van der Waals surface area contributed by atoms with E-state index in [0.29, 0.717) is 12.1 Å². The largest absolute Gasteiger partial charge is 0.308 e. The molecule has 0 aliphatic heterocycles.